The molecule has 190 valence electrons. The van der Waals surface area contributed by atoms with Crippen LogP contribution in [0.25, 0.3) is 0 Å². The highest BCUT2D eigenvalue weighted by Crippen LogP contribution is 2.37. The molecule has 35 heavy (non-hydrogen) atoms. The van der Waals surface area contributed by atoms with Crippen LogP contribution >= 0.6 is 11.3 Å². The number of carbonyl (C=O) groups is 1. The topological polar surface area (TPSA) is 121 Å². The molecular formula is C23H35N9O2S. The highest BCUT2D eigenvalue weighted by atomic mass is 32.1. The van der Waals surface area contributed by atoms with E-state index in [9.17, 15) is 4.79 Å². The van der Waals surface area contributed by atoms with E-state index in [0.717, 1.165) is 38.4 Å². The second-order valence-electron chi connectivity index (χ2n) is 10.6. The van der Waals surface area contributed by atoms with Gasteiger partial charge in [-0.25, -0.2) is 4.98 Å². The number of aromatic nitrogens is 5. The van der Waals surface area contributed by atoms with Crippen molar-refractivity contribution < 1.29 is 9.53 Å². The highest BCUT2D eigenvalue weighted by Gasteiger charge is 2.33. The van der Waals surface area contributed by atoms with Crippen LogP contribution in [-0.4, -0.2) is 87.2 Å². The minimum absolute atomic E-state index is 0.0773. The summed E-state index contributed by atoms with van der Waals surface area (Å²) >= 11 is 1.35. The van der Waals surface area contributed by atoms with E-state index >= 15 is 0 Å². The van der Waals surface area contributed by atoms with E-state index in [1.54, 1.807) is 6.20 Å². The van der Waals surface area contributed by atoms with Crippen LogP contribution in [-0.2, 0) is 9.53 Å². The molecule has 0 bridgehead atoms. The number of morpholine rings is 1. The van der Waals surface area contributed by atoms with Gasteiger partial charge in [-0.15, -0.1) is 20.4 Å². The molecule has 3 aliphatic rings. The first-order valence-corrected chi connectivity index (χ1v) is 13.4. The van der Waals surface area contributed by atoms with Crippen molar-refractivity contribution in [2.24, 2.45) is 5.41 Å². The summed E-state index contributed by atoms with van der Waals surface area (Å²) in [4.78, 5) is 21.4. The van der Waals surface area contributed by atoms with Crippen molar-refractivity contribution in [1.29, 1.82) is 0 Å². The largest absolute Gasteiger partial charge is 0.375 e. The van der Waals surface area contributed by atoms with Crippen molar-refractivity contribution >= 4 is 33.3 Å². The Labute approximate surface area is 210 Å². The maximum absolute atomic E-state index is 12.7. The first kappa shape index (κ1) is 24.3. The number of ether oxygens (including phenoxy) is 1. The van der Waals surface area contributed by atoms with Crippen molar-refractivity contribution in [2.75, 3.05) is 48.3 Å². The number of nitrogens with one attached hydrogen (secondary N) is 2. The molecule has 1 amide bonds. The molecule has 2 saturated heterocycles. The van der Waals surface area contributed by atoms with Gasteiger partial charge in [-0.3, -0.25) is 9.69 Å². The zero-order valence-corrected chi connectivity index (χ0v) is 21.3. The monoisotopic (exact) mass is 501 g/mol. The molecular weight excluding hydrogens is 466 g/mol. The van der Waals surface area contributed by atoms with Gasteiger partial charge in [0.05, 0.1) is 25.3 Å². The third-order valence-corrected chi connectivity index (χ3v) is 8.16. The summed E-state index contributed by atoms with van der Waals surface area (Å²) in [6, 6.07) is 0.839. The van der Waals surface area contributed by atoms with Crippen molar-refractivity contribution in [2.45, 2.75) is 70.6 Å². The van der Waals surface area contributed by atoms with Gasteiger partial charge in [-0.1, -0.05) is 25.2 Å². The molecule has 2 aromatic heterocycles. The van der Waals surface area contributed by atoms with Gasteiger partial charge in [-0.05, 0) is 37.5 Å². The maximum Gasteiger partial charge on any atom is 0.228 e. The van der Waals surface area contributed by atoms with Gasteiger partial charge < -0.3 is 20.3 Å². The van der Waals surface area contributed by atoms with Crippen molar-refractivity contribution in [3.8, 4) is 0 Å². The van der Waals surface area contributed by atoms with Crippen LogP contribution in [0.15, 0.2) is 12.5 Å². The summed E-state index contributed by atoms with van der Waals surface area (Å²) in [6.45, 7) is 8.86. The van der Waals surface area contributed by atoms with Gasteiger partial charge in [0.1, 0.15) is 6.33 Å². The van der Waals surface area contributed by atoms with Crippen molar-refractivity contribution in [1.82, 2.24) is 30.3 Å². The van der Waals surface area contributed by atoms with Gasteiger partial charge >= 0.3 is 0 Å². The molecule has 1 saturated carbocycles. The lowest BCUT2D eigenvalue weighted by Crippen LogP contribution is -2.50. The van der Waals surface area contributed by atoms with Gasteiger partial charge in [-0.2, -0.15) is 0 Å². The van der Waals surface area contributed by atoms with Gasteiger partial charge in [0, 0.05) is 38.3 Å². The molecule has 0 radical (unpaired) electrons. The third kappa shape index (κ3) is 6.42. The molecule has 4 heterocycles. The van der Waals surface area contributed by atoms with Crippen LogP contribution in [0.4, 0.5) is 16.1 Å². The zero-order chi connectivity index (χ0) is 24.3. The lowest BCUT2D eigenvalue weighted by atomic mass is 9.75. The zero-order valence-electron chi connectivity index (χ0n) is 20.5. The van der Waals surface area contributed by atoms with E-state index in [-0.39, 0.29) is 18.1 Å². The molecule has 2 unspecified atom stereocenters. The number of hydrogen-bond acceptors (Lipinski definition) is 11. The predicted octanol–water partition coefficient (Wildman–Crippen LogP) is 2.41. The Morgan fingerprint density at radius 1 is 1.14 bits per heavy atom. The minimum atomic E-state index is -0.0794. The average molecular weight is 502 g/mol. The van der Waals surface area contributed by atoms with E-state index in [0.29, 0.717) is 34.7 Å². The first-order valence-electron chi connectivity index (χ1n) is 12.6. The van der Waals surface area contributed by atoms with E-state index in [1.807, 2.05) is 0 Å². The lowest BCUT2D eigenvalue weighted by molar-refractivity contribution is -0.122. The molecule has 3 fully saturated rings. The van der Waals surface area contributed by atoms with E-state index in [1.165, 1.54) is 43.3 Å². The SMILES string of the molecule is CC1(C)CCC(N2CCOC(CC(=O)Nc3nnc(NC4CCN(c5cncnn5)C4)s3)C2)CC1. The molecule has 5 rings (SSSR count). The summed E-state index contributed by atoms with van der Waals surface area (Å²) in [5, 5.41) is 23.9. The Bertz CT molecular complexity index is 978. The number of hydrogen-bond donors (Lipinski definition) is 2. The average Bonchev–Trinajstić information content (AvgIpc) is 3.49. The Morgan fingerprint density at radius 3 is 2.77 bits per heavy atom. The molecule has 0 spiro atoms. The molecule has 2 N–H and O–H groups in total. The third-order valence-electron chi connectivity index (χ3n) is 7.39. The standard InChI is InChI=1S/C23H35N9O2S/c1-23(2)6-3-17(4-7-23)31-9-10-34-18(14-31)11-20(33)27-22-30-29-21(35-22)26-16-5-8-32(13-16)19-12-24-15-25-28-19/h12,15-18H,3-11,13-14H2,1-2H3,(H,26,29)(H,27,30,33). The molecule has 0 aromatic carbocycles. The van der Waals surface area contributed by atoms with Crippen molar-refractivity contribution in [3.05, 3.63) is 12.5 Å². The quantitative estimate of drug-likeness (QED) is 0.585. The molecule has 12 heteroatoms. The maximum atomic E-state index is 12.7. The minimum Gasteiger partial charge on any atom is -0.375 e. The molecule has 2 atom stereocenters. The van der Waals surface area contributed by atoms with Crippen LogP contribution in [0, 0.1) is 5.41 Å². The molecule has 2 aliphatic heterocycles. The summed E-state index contributed by atoms with van der Waals surface area (Å²) in [5.74, 6) is 0.698. The van der Waals surface area contributed by atoms with Crippen LogP contribution in [0.1, 0.15) is 52.4 Å². The van der Waals surface area contributed by atoms with E-state index in [2.05, 4.69) is 59.7 Å². The normalized spacial score (nSPS) is 25.5. The molecule has 1 aliphatic carbocycles. The second kappa shape index (κ2) is 10.7. The van der Waals surface area contributed by atoms with E-state index in [4.69, 9.17) is 4.74 Å². The fraction of sp³-hybridized carbons (Fsp3) is 0.739. The fourth-order valence-corrected chi connectivity index (χ4v) is 6.04. The molecule has 2 aromatic rings. The van der Waals surface area contributed by atoms with Crippen LogP contribution < -0.4 is 15.5 Å². The van der Waals surface area contributed by atoms with Gasteiger partial charge in [0.15, 0.2) is 5.82 Å². The van der Waals surface area contributed by atoms with Crippen LogP contribution in [0.3, 0.4) is 0 Å². The predicted molar refractivity (Wildman–Crippen MR) is 135 cm³/mol. The van der Waals surface area contributed by atoms with Crippen LogP contribution in [0.2, 0.25) is 0 Å². The van der Waals surface area contributed by atoms with E-state index < -0.39 is 0 Å². The Morgan fingerprint density at radius 2 is 1.97 bits per heavy atom. The second-order valence-corrected chi connectivity index (χ2v) is 11.6. The summed E-state index contributed by atoms with van der Waals surface area (Å²) in [7, 11) is 0. The van der Waals surface area contributed by atoms with Crippen LogP contribution in [0.5, 0.6) is 0 Å². The smallest absolute Gasteiger partial charge is 0.228 e. The number of amides is 1. The van der Waals surface area contributed by atoms with Gasteiger partial charge in [0.2, 0.25) is 16.2 Å². The summed E-state index contributed by atoms with van der Waals surface area (Å²) < 4.78 is 5.92. The lowest BCUT2D eigenvalue weighted by Gasteiger charge is -2.43. The Balaban J connectivity index is 1.06. The number of carbonyl (C=O) groups excluding carboxylic acids is 1. The molecule has 11 nitrogen and oxygen atoms in total. The number of nitrogens with zero attached hydrogens (tertiary/aromatic N) is 7. The fourth-order valence-electron chi connectivity index (χ4n) is 5.30. The van der Waals surface area contributed by atoms with Crippen molar-refractivity contribution in [3.63, 3.8) is 0 Å². The Hall–Kier alpha value is -2.44. The van der Waals surface area contributed by atoms with Gasteiger partial charge in [0.25, 0.3) is 0 Å². The number of anilines is 3. The Kier molecular flexibility index (Phi) is 7.40. The number of rotatable bonds is 7. The highest BCUT2D eigenvalue weighted by molar-refractivity contribution is 7.19. The first-order chi connectivity index (χ1) is 16.9. The summed E-state index contributed by atoms with van der Waals surface area (Å²) in [5.41, 5.74) is 0.461. The summed E-state index contributed by atoms with van der Waals surface area (Å²) in [6.07, 6.45) is 9.37.